The summed E-state index contributed by atoms with van der Waals surface area (Å²) in [6, 6.07) is 16.1. The van der Waals surface area contributed by atoms with E-state index in [2.05, 4.69) is 9.80 Å². The maximum absolute atomic E-state index is 8.36. The number of benzene rings is 2. The molecule has 2 N–H and O–H groups in total. The zero-order chi connectivity index (χ0) is 18.3. The lowest BCUT2D eigenvalue weighted by atomic mass is 10.0. The van der Waals surface area contributed by atoms with E-state index in [4.69, 9.17) is 20.7 Å². The van der Waals surface area contributed by atoms with Crippen LogP contribution >= 0.6 is 0 Å². The molecule has 0 spiro atoms. The van der Waals surface area contributed by atoms with Crippen LogP contribution in [0.15, 0.2) is 48.5 Å². The van der Waals surface area contributed by atoms with Gasteiger partial charge in [0.05, 0.1) is 5.71 Å². The molecule has 0 fully saturated rings. The topological polar surface area (TPSA) is 93.7 Å². The predicted molar refractivity (Wildman–Crippen MR) is 96.2 cm³/mol. The van der Waals surface area contributed by atoms with Gasteiger partial charge in [-0.2, -0.15) is 0 Å². The quantitative estimate of drug-likeness (QED) is 0.511. The van der Waals surface area contributed by atoms with E-state index >= 15 is 0 Å². The summed E-state index contributed by atoms with van der Waals surface area (Å²) in [7, 11) is 8.06. The van der Waals surface area contributed by atoms with Gasteiger partial charge in [0, 0.05) is 50.7 Å². The summed E-state index contributed by atoms with van der Waals surface area (Å²) in [6.07, 6.45) is 0. The van der Waals surface area contributed by atoms with E-state index in [0.29, 0.717) is 5.71 Å². The van der Waals surface area contributed by atoms with Crippen molar-refractivity contribution in [1.82, 2.24) is 0 Å². The molecule has 7 heteroatoms. The second-order valence-corrected chi connectivity index (χ2v) is 5.50. The van der Waals surface area contributed by atoms with Gasteiger partial charge >= 0.3 is 0 Å². The van der Waals surface area contributed by atoms with Gasteiger partial charge in [0.1, 0.15) is 0 Å². The molecule has 0 aromatic heterocycles. The van der Waals surface area contributed by atoms with Crippen molar-refractivity contribution < 1.29 is 10.3 Å². The van der Waals surface area contributed by atoms with Gasteiger partial charge in [-0.15, -0.1) is 10.1 Å². The van der Waals surface area contributed by atoms with Crippen molar-refractivity contribution in [3.05, 3.63) is 69.8 Å². The van der Waals surface area contributed by atoms with E-state index in [9.17, 15) is 0 Å². The highest BCUT2D eigenvalue weighted by Crippen LogP contribution is 2.18. The summed E-state index contributed by atoms with van der Waals surface area (Å²) in [5, 5.41) is 21.9. The van der Waals surface area contributed by atoms with Gasteiger partial charge in [-0.1, -0.05) is 24.3 Å². The SMILES string of the molecule is CN(C)c1ccc(C(=N)c2ccc(N(C)C)cc2)cc1.O=[N+]([O-])O. The van der Waals surface area contributed by atoms with Crippen LogP contribution in [0, 0.1) is 15.5 Å². The van der Waals surface area contributed by atoms with Gasteiger partial charge in [0.25, 0.3) is 5.09 Å². The minimum Gasteiger partial charge on any atom is -0.378 e. The van der Waals surface area contributed by atoms with Crippen molar-refractivity contribution in [1.29, 1.82) is 5.41 Å². The monoisotopic (exact) mass is 330 g/mol. The molecule has 0 saturated carbocycles. The van der Waals surface area contributed by atoms with Crippen LogP contribution in [-0.2, 0) is 0 Å². The maximum Gasteiger partial charge on any atom is 0.291 e. The Hall–Kier alpha value is -3.09. The van der Waals surface area contributed by atoms with Crippen LogP contribution in [0.3, 0.4) is 0 Å². The molecule has 0 unspecified atom stereocenters. The number of hydrogen-bond acceptors (Lipinski definition) is 5. The maximum atomic E-state index is 8.36. The van der Waals surface area contributed by atoms with Crippen LogP contribution in [0.25, 0.3) is 0 Å². The molecule has 0 radical (unpaired) electrons. The van der Waals surface area contributed by atoms with Crippen LogP contribution in [0.1, 0.15) is 11.1 Å². The molecular weight excluding hydrogens is 308 g/mol. The highest BCUT2D eigenvalue weighted by molar-refractivity contribution is 6.11. The lowest BCUT2D eigenvalue weighted by Crippen LogP contribution is -2.10. The molecule has 0 atom stereocenters. The van der Waals surface area contributed by atoms with Crippen molar-refractivity contribution in [2.24, 2.45) is 0 Å². The first kappa shape index (κ1) is 19.0. The zero-order valence-corrected chi connectivity index (χ0v) is 14.2. The predicted octanol–water partition coefficient (Wildman–Crippen LogP) is 2.89. The Morgan fingerprint density at radius 2 is 1.12 bits per heavy atom. The fraction of sp³-hybridized carbons (Fsp3) is 0.235. The first-order valence-corrected chi connectivity index (χ1v) is 7.19. The van der Waals surface area contributed by atoms with Crippen LogP contribution in [-0.4, -0.2) is 44.2 Å². The molecule has 2 rings (SSSR count). The number of nitrogens with zero attached hydrogens (tertiary/aromatic N) is 3. The van der Waals surface area contributed by atoms with Crippen molar-refractivity contribution in [3.8, 4) is 0 Å². The molecule has 2 aromatic rings. The van der Waals surface area contributed by atoms with E-state index in [1.54, 1.807) is 0 Å². The van der Waals surface area contributed by atoms with Gasteiger partial charge in [0.15, 0.2) is 0 Å². The van der Waals surface area contributed by atoms with E-state index in [1.165, 1.54) is 0 Å². The molecule has 0 amide bonds. The molecule has 0 bridgehead atoms. The second-order valence-electron chi connectivity index (χ2n) is 5.50. The molecule has 7 nitrogen and oxygen atoms in total. The Kier molecular flexibility index (Phi) is 6.73. The van der Waals surface area contributed by atoms with Crippen molar-refractivity contribution in [3.63, 3.8) is 0 Å². The lowest BCUT2D eigenvalue weighted by molar-refractivity contribution is -0.742. The number of hydrogen-bond donors (Lipinski definition) is 2. The average Bonchev–Trinajstić information content (AvgIpc) is 2.54. The zero-order valence-electron chi connectivity index (χ0n) is 14.2. The van der Waals surface area contributed by atoms with Crippen LogP contribution in [0.4, 0.5) is 11.4 Å². The lowest BCUT2D eigenvalue weighted by Gasteiger charge is -2.14. The Morgan fingerprint density at radius 3 is 1.33 bits per heavy atom. The Morgan fingerprint density at radius 1 is 0.875 bits per heavy atom. The third-order valence-corrected chi connectivity index (χ3v) is 3.34. The number of rotatable bonds is 4. The minimum absolute atomic E-state index is 0.556. The summed E-state index contributed by atoms with van der Waals surface area (Å²) in [5.41, 5.74) is 4.72. The minimum atomic E-state index is -1.50. The van der Waals surface area contributed by atoms with Crippen LogP contribution < -0.4 is 9.80 Å². The Labute approximate surface area is 141 Å². The summed E-state index contributed by atoms with van der Waals surface area (Å²) < 4.78 is 0. The van der Waals surface area contributed by atoms with Gasteiger partial charge in [-0.25, -0.2) is 0 Å². The first-order chi connectivity index (χ1) is 11.2. The van der Waals surface area contributed by atoms with E-state index in [0.717, 1.165) is 22.5 Å². The van der Waals surface area contributed by atoms with Crippen molar-refractivity contribution in [2.75, 3.05) is 38.0 Å². The molecule has 0 aliphatic heterocycles. The summed E-state index contributed by atoms with van der Waals surface area (Å²) in [6.45, 7) is 0. The van der Waals surface area contributed by atoms with Gasteiger partial charge in [-0.05, 0) is 24.3 Å². The fourth-order valence-electron chi connectivity index (χ4n) is 2.02. The largest absolute Gasteiger partial charge is 0.378 e. The van der Waals surface area contributed by atoms with Crippen LogP contribution in [0.2, 0.25) is 0 Å². The summed E-state index contributed by atoms with van der Waals surface area (Å²) in [4.78, 5) is 12.5. The van der Waals surface area contributed by atoms with E-state index in [-0.39, 0.29) is 0 Å². The molecular formula is C17H22N4O3. The number of nitrogens with one attached hydrogen (secondary N) is 1. The molecule has 128 valence electrons. The molecule has 2 aromatic carbocycles. The van der Waals surface area contributed by atoms with E-state index < -0.39 is 5.09 Å². The third kappa shape index (κ3) is 5.60. The Bertz CT molecular complexity index is 622. The molecule has 0 saturated heterocycles. The summed E-state index contributed by atoms with van der Waals surface area (Å²) in [5.74, 6) is 0. The smallest absolute Gasteiger partial charge is 0.291 e. The molecule has 0 aliphatic carbocycles. The highest BCUT2D eigenvalue weighted by Gasteiger charge is 2.06. The van der Waals surface area contributed by atoms with E-state index in [1.807, 2.05) is 76.7 Å². The normalized spacial score (nSPS) is 9.50. The molecule has 0 aliphatic rings. The van der Waals surface area contributed by atoms with Gasteiger partial charge < -0.3 is 15.0 Å². The van der Waals surface area contributed by atoms with Gasteiger partial charge in [-0.3, -0.25) is 5.41 Å². The molecule has 24 heavy (non-hydrogen) atoms. The Balaban J connectivity index is 0.000000648. The standard InChI is InChI=1S/C17H21N3.HNO3/c1-19(2)15-9-5-13(6-10-15)17(18)14-7-11-16(12-8-14)20(3)4;2-1(3)4/h5-12,18H,1-4H3;(H,2,3,4). The average molecular weight is 330 g/mol. The van der Waals surface area contributed by atoms with Crippen LogP contribution in [0.5, 0.6) is 0 Å². The van der Waals surface area contributed by atoms with Crippen molar-refractivity contribution in [2.45, 2.75) is 0 Å². The first-order valence-electron chi connectivity index (χ1n) is 7.19. The highest BCUT2D eigenvalue weighted by atomic mass is 16.9. The van der Waals surface area contributed by atoms with Gasteiger partial charge in [0.2, 0.25) is 0 Å². The molecule has 0 heterocycles. The van der Waals surface area contributed by atoms with Crippen molar-refractivity contribution >= 4 is 17.1 Å². The second kappa shape index (κ2) is 8.52. The summed E-state index contributed by atoms with van der Waals surface area (Å²) >= 11 is 0. The number of anilines is 2. The third-order valence-electron chi connectivity index (χ3n) is 3.34. The fourth-order valence-corrected chi connectivity index (χ4v) is 2.02.